The molecule has 2 fully saturated rings. The van der Waals surface area contributed by atoms with Gasteiger partial charge in [0.1, 0.15) is 6.17 Å². The normalized spacial score (nSPS) is 35.3. The molecule has 4 atom stereocenters. The number of hydrogen-bond acceptors (Lipinski definition) is 4. The fourth-order valence-electron chi connectivity index (χ4n) is 3.28. The van der Waals surface area contributed by atoms with E-state index in [4.69, 9.17) is 0 Å². The van der Waals surface area contributed by atoms with Crippen LogP contribution in [0.25, 0.3) is 0 Å². The van der Waals surface area contributed by atoms with Crippen LogP contribution in [0.4, 0.5) is 0 Å². The van der Waals surface area contributed by atoms with Crippen LogP contribution in [0.1, 0.15) is 37.9 Å². The molecule has 104 valence electrons. The highest BCUT2D eigenvalue weighted by molar-refractivity contribution is 7.99. The molecule has 1 saturated carbocycles. The summed E-state index contributed by atoms with van der Waals surface area (Å²) in [5.74, 6) is 0.266. The van der Waals surface area contributed by atoms with Crippen LogP contribution in [0.5, 0.6) is 0 Å². The number of amides is 1. The van der Waals surface area contributed by atoms with Gasteiger partial charge in [0.05, 0.1) is 6.04 Å². The second kappa shape index (κ2) is 5.46. The van der Waals surface area contributed by atoms with E-state index in [1.807, 2.05) is 18.7 Å². The zero-order valence-electron chi connectivity index (χ0n) is 11.3. The molecule has 0 radical (unpaired) electrons. The van der Waals surface area contributed by atoms with E-state index >= 15 is 0 Å². The largest absolute Gasteiger partial charge is 0.317 e. The number of rotatable bonds is 3. The highest BCUT2D eigenvalue weighted by Crippen LogP contribution is 2.38. The molecular weight excluding hydrogens is 276 g/mol. The van der Waals surface area contributed by atoms with Crippen molar-refractivity contribution in [3.63, 3.8) is 0 Å². The SMILES string of the molecule is CSC1CCCC1N1C(=O)C(C)NC1c1ccsc1. The minimum absolute atomic E-state index is 0.0620. The monoisotopic (exact) mass is 296 g/mol. The molecule has 1 aromatic heterocycles. The first-order valence-electron chi connectivity index (χ1n) is 6.85. The van der Waals surface area contributed by atoms with Crippen LogP contribution in [0.15, 0.2) is 16.8 Å². The zero-order valence-corrected chi connectivity index (χ0v) is 13.0. The summed E-state index contributed by atoms with van der Waals surface area (Å²) in [5.41, 5.74) is 1.23. The van der Waals surface area contributed by atoms with E-state index in [2.05, 4.69) is 33.3 Å². The van der Waals surface area contributed by atoms with Gasteiger partial charge in [-0.15, -0.1) is 0 Å². The molecule has 0 spiro atoms. The van der Waals surface area contributed by atoms with Crippen molar-refractivity contribution in [2.24, 2.45) is 0 Å². The smallest absolute Gasteiger partial charge is 0.241 e. The quantitative estimate of drug-likeness (QED) is 0.931. The van der Waals surface area contributed by atoms with Crippen LogP contribution in [0.3, 0.4) is 0 Å². The Morgan fingerprint density at radius 2 is 2.32 bits per heavy atom. The summed E-state index contributed by atoms with van der Waals surface area (Å²) in [6.45, 7) is 1.98. The number of thiophene rings is 1. The number of carbonyl (C=O) groups is 1. The minimum atomic E-state index is -0.0620. The fourth-order valence-corrected chi connectivity index (χ4v) is 4.94. The Kier molecular flexibility index (Phi) is 3.87. The third kappa shape index (κ3) is 2.32. The molecule has 3 nitrogen and oxygen atoms in total. The second-order valence-electron chi connectivity index (χ2n) is 5.37. The van der Waals surface area contributed by atoms with E-state index in [-0.39, 0.29) is 18.1 Å². The summed E-state index contributed by atoms with van der Waals surface area (Å²) >= 11 is 3.61. The lowest BCUT2D eigenvalue weighted by Crippen LogP contribution is -2.43. The van der Waals surface area contributed by atoms with Gasteiger partial charge in [-0.3, -0.25) is 10.1 Å². The topological polar surface area (TPSA) is 32.3 Å². The van der Waals surface area contributed by atoms with Gasteiger partial charge in [0.15, 0.2) is 0 Å². The fraction of sp³-hybridized carbons (Fsp3) is 0.643. The highest BCUT2D eigenvalue weighted by atomic mass is 32.2. The molecule has 1 aliphatic heterocycles. The van der Waals surface area contributed by atoms with Crippen LogP contribution in [-0.4, -0.2) is 34.4 Å². The molecule has 4 unspecified atom stereocenters. The van der Waals surface area contributed by atoms with E-state index in [1.54, 1.807) is 11.3 Å². The van der Waals surface area contributed by atoms with Crippen LogP contribution in [0, 0.1) is 0 Å². The Morgan fingerprint density at radius 1 is 1.47 bits per heavy atom. The zero-order chi connectivity index (χ0) is 13.4. The van der Waals surface area contributed by atoms with Crippen LogP contribution in [0.2, 0.25) is 0 Å². The van der Waals surface area contributed by atoms with Gasteiger partial charge in [-0.25, -0.2) is 0 Å². The van der Waals surface area contributed by atoms with Crippen molar-refractivity contribution in [1.82, 2.24) is 10.2 Å². The highest BCUT2D eigenvalue weighted by Gasteiger charge is 2.45. The number of hydrogen-bond donors (Lipinski definition) is 1. The van der Waals surface area contributed by atoms with Gasteiger partial charge < -0.3 is 4.90 Å². The molecule has 19 heavy (non-hydrogen) atoms. The van der Waals surface area contributed by atoms with E-state index in [0.29, 0.717) is 11.3 Å². The van der Waals surface area contributed by atoms with Crippen molar-refractivity contribution >= 4 is 29.0 Å². The Hall–Kier alpha value is -0.520. The van der Waals surface area contributed by atoms with Crippen LogP contribution < -0.4 is 5.32 Å². The summed E-state index contributed by atoms with van der Waals surface area (Å²) in [6, 6.07) is 2.46. The maximum Gasteiger partial charge on any atom is 0.241 e. The molecule has 1 amide bonds. The summed E-state index contributed by atoms with van der Waals surface area (Å²) < 4.78 is 0. The van der Waals surface area contributed by atoms with E-state index in [1.165, 1.54) is 18.4 Å². The lowest BCUT2D eigenvalue weighted by molar-refractivity contribution is -0.131. The van der Waals surface area contributed by atoms with E-state index in [9.17, 15) is 4.79 Å². The molecular formula is C14H20N2OS2. The Morgan fingerprint density at radius 3 is 3.00 bits per heavy atom. The lowest BCUT2D eigenvalue weighted by Gasteiger charge is -2.33. The van der Waals surface area contributed by atoms with Gasteiger partial charge in [-0.05, 0) is 48.4 Å². The number of carbonyl (C=O) groups excluding carboxylic acids is 1. The Bertz CT molecular complexity index is 448. The third-order valence-corrected chi connectivity index (χ3v) is 6.10. The minimum Gasteiger partial charge on any atom is -0.317 e. The molecule has 1 N–H and O–H groups in total. The van der Waals surface area contributed by atoms with Gasteiger partial charge in [0, 0.05) is 11.3 Å². The van der Waals surface area contributed by atoms with Crippen molar-refractivity contribution < 1.29 is 4.79 Å². The number of nitrogens with zero attached hydrogens (tertiary/aromatic N) is 1. The molecule has 0 aromatic carbocycles. The molecule has 1 aromatic rings. The average molecular weight is 296 g/mol. The predicted molar refractivity (Wildman–Crippen MR) is 81.4 cm³/mol. The van der Waals surface area contributed by atoms with E-state index < -0.39 is 0 Å². The molecule has 5 heteroatoms. The first kappa shape index (κ1) is 13.5. The average Bonchev–Trinajstić information content (AvgIpc) is 3.11. The van der Waals surface area contributed by atoms with Gasteiger partial charge >= 0.3 is 0 Å². The summed E-state index contributed by atoms with van der Waals surface area (Å²) in [4.78, 5) is 14.6. The van der Waals surface area contributed by atoms with Crippen molar-refractivity contribution in [2.75, 3.05) is 6.26 Å². The summed E-state index contributed by atoms with van der Waals surface area (Å²) in [6.07, 6.45) is 5.86. The molecule has 2 aliphatic rings. The van der Waals surface area contributed by atoms with Crippen LogP contribution >= 0.6 is 23.1 Å². The van der Waals surface area contributed by atoms with Gasteiger partial charge in [-0.2, -0.15) is 23.1 Å². The Labute approximate surface area is 122 Å². The van der Waals surface area contributed by atoms with Gasteiger partial charge in [0.25, 0.3) is 0 Å². The van der Waals surface area contributed by atoms with Crippen molar-refractivity contribution in [2.45, 2.75) is 49.7 Å². The lowest BCUT2D eigenvalue weighted by atomic mass is 10.1. The molecule has 1 saturated heterocycles. The van der Waals surface area contributed by atoms with Crippen molar-refractivity contribution in [3.8, 4) is 0 Å². The van der Waals surface area contributed by atoms with Gasteiger partial charge in [-0.1, -0.05) is 6.42 Å². The number of nitrogens with one attached hydrogen (secondary N) is 1. The predicted octanol–water partition coefficient (Wildman–Crippen LogP) is 2.85. The maximum atomic E-state index is 12.5. The molecule has 0 bridgehead atoms. The third-order valence-electron chi connectivity index (χ3n) is 4.25. The van der Waals surface area contributed by atoms with Crippen molar-refractivity contribution in [1.29, 1.82) is 0 Å². The summed E-state index contributed by atoms with van der Waals surface area (Å²) in [5, 5.41) is 8.28. The summed E-state index contributed by atoms with van der Waals surface area (Å²) in [7, 11) is 0. The molecule has 2 heterocycles. The molecule has 3 rings (SSSR count). The molecule has 1 aliphatic carbocycles. The van der Waals surface area contributed by atoms with E-state index in [0.717, 1.165) is 6.42 Å². The second-order valence-corrected chi connectivity index (χ2v) is 7.22. The number of thioether (sulfide) groups is 1. The standard InChI is InChI=1S/C14H20N2OS2/c1-9-14(17)16(11-4-3-5-12(11)18-2)13(15-9)10-6-7-19-8-10/h6-9,11-13,15H,3-5H2,1-2H3. The Balaban J connectivity index is 1.89. The first-order chi connectivity index (χ1) is 9.22. The van der Waals surface area contributed by atoms with Gasteiger partial charge in [0.2, 0.25) is 5.91 Å². The first-order valence-corrected chi connectivity index (χ1v) is 9.08. The van der Waals surface area contributed by atoms with Crippen molar-refractivity contribution in [3.05, 3.63) is 22.4 Å². The maximum absolute atomic E-state index is 12.5. The van der Waals surface area contributed by atoms with Crippen LogP contribution in [-0.2, 0) is 4.79 Å².